The lowest BCUT2D eigenvalue weighted by atomic mass is 9.93. The van der Waals surface area contributed by atoms with Gasteiger partial charge < -0.3 is 9.88 Å². The molecule has 0 spiro atoms. The summed E-state index contributed by atoms with van der Waals surface area (Å²) < 4.78 is 2.45. The number of nitrogens with one attached hydrogen (secondary N) is 1. The second kappa shape index (κ2) is 5.00. The molecule has 0 radical (unpaired) electrons. The highest BCUT2D eigenvalue weighted by molar-refractivity contribution is 5.09. The van der Waals surface area contributed by atoms with Gasteiger partial charge in [0.1, 0.15) is 11.6 Å². The van der Waals surface area contributed by atoms with E-state index in [1.807, 2.05) is 0 Å². The molecule has 100 valence electrons. The zero-order valence-electron chi connectivity index (χ0n) is 11.5. The van der Waals surface area contributed by atoms with Crippen molar-refractivity contribution in [2.75, 3.05) is 6.54 Å². The smallest absolute Gasteiger partial charge is 0.137 e. The SMILES string of the molecule is Cc1nnc(C2CCNC2C)n1C1CCCCC1. The Kier molecular flexibility index (Phi) is 3.37. The summed E-state index contributed by atoms with van der Waals surface area (Å²) in [5, 5.41) is 12.4. The van der Waals surface area contributed by atoms with Crippen LogP contribution in [0.5, 0.6) is 0 Å². The first-order valence-corrected chi connectivity index (χ1v) is 7.42. The highest BCUT2D eigenvalue weighted by atomic mass is 15.3. The second-order valence-electron chi connectivity index (χ2n) is 5.91. The zero-order chi connectivity index (χ0) is 12.5. The van der Waals surface area contributed by atoms with Crippen molar-refractivity contribution >= 4 is 0 Å². The van der Waals surface area contributed by atoms with Crippen LogP contribution in [0.25, 0.3) is 0 Å². The van der Waals surface area contributed by atoms with E-state index in [-0.39, 0.29) is 0 Å². The molecule has 2 heterocycles. The fourth-order valence-corrected chi connectivity index (χ4v) is 3.64. The van der Waals surface area contributed by atoms with Crippen molar-refractivity contribution in [2.45, 2.75) is 70.4 Å². The van der Waals surface area contributed by atoms with Gasteiger partial charge in [-0.15, -0.1) is 10.2 Å². The van der Waals surface area contributed by atoms with Gasteiger partial charge in [-0.05, 0) is 39.7 Å². The molecular weight excluding hydrogens is 224 g/mol. The van der Waals surface area contributed by atoms with Gasteiger partial charge in [-0.3, -0.25) is 0 Å². The van der Waals surface area contributed by atoms with Crippen LogP contribution in [0.15, 0.2) is 0 Å². The van der Waals surface area contributed by atoms with Crippen LogP contribution in [0, 0.1) is 6.92 Å². The normalized spacial score (nSPS) is 29.9. The maximum Gasteiger partial charge on any atom is 0.137 e. The van der Waals surface area contributed by atoms with Crippen molar-refractivity contribution in [3.05, 3.63) is 11.6 Å². The van der Waals surface area contributed by atoms with E-state index in [1.165, 1.54) is 44.3 Å². The predicted octanol–water partition coefficient (Wildman–Crippen LogP) is 2.56. The van der Waals surface area contributed by atoms with Gasteiger partial charge in [0.2, 0.25) is 0 Å². The first-order chi connectivity index (χ1) is 8.77. The van der Waals surface area contributed by atoms with Crippen molar-refractivity contribution in [1.29, 1.82) is 0 Å². The van der Waals surface area contributed by atoms with Crippen molar-refractivity contribution < 1.29 is 0 Å². The molecule has 1 aliphatic heterocycles. The number of hydrogen-bond acceptors (Lipinski definition) is 3. The Morgan fingerprint density at radius 1 is 1.11 bits per heavy atom. The Bertz CT molecular complexity index is 406. The molecule has 18 heavy (non-hydrogen) atoms. The Morgan fingerprint density at radius 3 is 2.56 bits per heavy atom. The quantitative estimate of drug-likeness (QED) is 0.874. The topological polar surface area (TPSA) is 42.7 Å². The molecule has 2 unspecified atom stereocenters. The van der Waals surface area contributed by atoms with Gasteiger partial charge in [0, 0.05) is 18.0 Å². The van der Waals surface area contributed by atoms with Gasteiger partial charge in [-0.25, -0.2) is 0 Å². The molecule has 1 aromatic heterocycles. The first kappa shape index (κ1) is 12.2. The average molecular weight is 248 g/mol. The third-order valence-corrected chi connectivity index (χ3v) is 4.69. The van der Waals surface area contributed by atoms with Crippen molar-refractivity contribution in [1.82, 2.24) is 20.1 Å². The Hall–Kier alpha value is -0.900. The molecule has 1 N–H and O–H groups in total. The standard InChI is InChI=1S/C14H24N4/c1-10-13(8-9-15-10)14-17-16-11(2)18(14)12-6-4-3-5-7-12/h10,12-13,15H,3-9H2,1-2H3. The molecule has 1 aliphatic carbocycles. The number of hydrogen-bond donors (Lipinski definition) is 1. The van der Waals surface area contributed by atoms with Crippen LogP contribution in [-0.2, 0) is 0 Å². The lowest BCUT2D eigenvalue weighted by Gasteiger charge is -2.27. The zero-order valence-corrected chi connectivity index (χ0v) is 11.5. The largest absolute Gasteiger partial charge is 0.314 e. The van der Waals surface area contributed by atoms with E-state index >= 15 is 0 Å². The molecule has 2 atom stereocenters. The predicted molar refractivity (Wildman–Crippen MR) is 71.7 cm³/mol. The summed E-state index contributed by atoms with van der Waals surface area (Å²) in [6.45, 7) is 5.49. The van der Waals surface area contributed by atoms with Crippen LogP contribution < -0.4 is 5.32 Å². The van der Waals surface area contributed by atoms with Crippen LogP contribution in [0.4, 0.5) is 0 Å². The van der Waals surface area contributed by atoms with E-state index < -0.39 is 0 Å². The van der Waals surface area contributed by atoms with Crippen LogP contribution in [0.2, 0.25) is 0 Å². The minimum absolute atomic E-state index is 0.538. The fourth-order valence-electron chi connectivity index (χ4n) is 3.64. The maximum absolute atomic E-state index is 4.50. The summed E-state index contributed by atoms with van der Waals surface area (Å²) in [7, 11) is 0. The molecule has 1 aromatic rings. The van der Waals surface area contributed by atoms with Gasteiger partial charge >= 0.3 is 0 Å². The van der Waals surface area contributed by atoms with E-state index in [0.717, 1.165) is 12.4 Å². The number of nitrogens with zero attached hydrogens (tertiary/aromatic N) is 3. The number of aryl methyl sites for hydroxylation is 1. The molecule has 3 rings (SSSR count). The Labute approximate surface area is 109 Å². The lowest BCUT2D eigenvalue weighted by molar-refractivity contribution is 0.333. The highest BCUT2D eigenvalue weighted by Crippen LogP contribution is 2.34. The van der Waals surface area contributed by atoms with E-state index in [0.29, 0.717) is 18.0 Å². The third-order valence-electron chi connectivity index (χ3n) is 4.69. The molecule has 0 amide bonds. The van der Waals surface area contributed by atoms with Crippen LogP contribution in [-0.4, -0.2) is 27.4 Å². The molecular formula is C14H24N4. The van der Waals surface area contributed by atoms with Gasteiger partial charge in [-0.2, -0.15) is 0 Å². The average Bonchev–Trinajstić information content (AvgIpc) is 2.96. The molecule has 4 nitrogen and oxygen atoms in total. The minimum atomic E-state index is 0.538. The summed E-state index contributed by atoms with van der Waals surface area (Å²) in [5.41, 5.74) is 0. The van der Waals surface area contributed by atoms with Gasteiger partial charge in [0.25, 0.3) is 0 Å². The summed E-state index contributed by atoms with van der Waals surface area (Å²) in [6.07, 6.45) is 7.93. The monoisotopic (exact) mass is 248 g/mol. The molecule has 2 aliphatic rings. The Balaban J connectivity index is 1.90. The fraction of sp³-hybridized carbons (Fsp3) is 0.857. The van der Waals surface area contributed by atoms with Gasteiger partial charge in [0.15, 0.2) is 0 Å². The first-order valence-electron chi connectivity index (χ1n) is 7.42. The van der Waals surface area contributed by atoms with Crippen molar-refractivity contribution in [3.8, 4) is 0 Å². The van der Waals surface area contributed by atoms with Crippen LogP contribution in [0.1, 0.15) is 69.1 Å². The molecule has 2 fully saturated rings. The Morgan fingerprint density at radius 2 is 1.89 bits per heavy atom. The van der Waals surface area contributed by atoms with Crippen molar-refractivity contribution in [3.63, 3.8) is 0 Å². The highest BCUT2D eigenvalue weighted by Gasteiger charge is 2.31. The van der Waals surface area contributed by atoms with Gasteiger partial charge in [-0.1, -0.05) is 19.3 Å². The summed E-state index contributed by atoms with van der Waals surface area (Å²) >= 11 is 0. The second-order valence-corrected chi connectivity index (χ2v) is 5.91. The third kappa shape index (κ3) is 2.07. The summed E-state index contributed by atoms with van der Waals surface area (Å²) in [4.78, 5) is 0. The van der Waals surface area contributed by atoms with Crippen LogP contribution >= 0.6 is 0 Å². The van der Waals surface area contributed by atoms with Crippen molar-refractivity contribution in [2.24, 2.45) is 0 Å². The summed E-state index contributed by atoms with van der Waals surface area (Å²) in [5.74, 6) is 2.89. The molecule has 0 bridgehead atoms. The number of aromatic nitrogens is 3. The molecule has 1 saturated carbocycles. The maximum atomic E-state index is 4.50. The van der Waals surface area contributed by atoms with E-state index in [1.54, 1.807) is 0 Å². The molecule has 1 saturated heterocycles. The minimum Gasteiger partial charge on any atom is -0.314 e. The van der Waals surface area contributed by atoms with Gasteiger partial charge in [0.05, 0.1) is 0 Å². The lowest BCUT2D eigenvalue weighted by Crippen LogP contribution is -2.25. The van der Waals surface area contributed by atoms with E-state index in [9.17, 15) is 0 Å². The van der Waals surface area contributed by atoms with E-state index in [4.69, 9.17) is 0 Å². The number of rotatable bonds is 2. The van der Waals surface area contributed by atoms with E-state index in [2.05, 4.69) is 33.9 Å². The molecule has 0 aromatic carbocycles. The summed E-state index contributed by atoms with van der Waals surface area (Å²) in [6, 6.07) is 1.19. The van der Waals surface area contributed by atoms with Crippen LogP contribution in [0.3, 0.4) is 0 Å². The molecule has 4 heteroatoms.